The summed E-state index contributed by atoms with van der Waals surface area (Å²) in [5, 5.41) is 10.8. The number of aromatic nitrogens is 2. The highest BCUT2D eigenvalue weighted by Gasteiger charge is 2.33. The molecular weight excluding hydrogens is 541 g/mol. The third-order valence-electron chi connectivity index (χ3n) is 6.16. The van der Waals surface area contributed by atoms with Crippen LogP contribution in [0.4, 0.5) is 18.3 Å². The second kappa shape index (κ2) is 10.9. The lowest BCUT2D eigenvalue weighted by Crippen LogP contribution is -2.39. The van der Waals surface area contributed by atoms with Gasteiger partial charge in [0.15, 0.2) is 0 Å². The maximum atomic E-state index is 13.5. The lowest BCUT2D eigenvalue weighted by Gasteiger charge is -2.28. The number of aryl methyl sites for hydroxylation is 1. The number of hydrogen-bond acceptors (Lipinski definition) is 7. The number of alkyl halides is 3. The molecule has 3 aromatic rings. The zero-order chi connectivity index (χ0) is 27.7. The number of ether oxygens (including phenoxy) is 1. The Labute approximate surface area is 222 Å². The maximum Gasteiger partial charge on any atom is 0.416 e. The quantitative estimate of drug-likeness (QED) is 0.417. The van der Waals surface area contributed by atoms with Crippen molar-refractivity contribution in [2.45, 2.75) is 63.2 Å². The molecule has 0 spiro atoms. The van der Waals surface area contributed by atoms with Gasteiger partial charge in [0.1, 0.15) is 11.3 Å². The first kappa shape index (κ1) is 27.8. The van der Waals surface area contributed by atoms with E-state index in [-0.39, 0.29) is 40.0 Å². The number of hydrogen-bond donors (Lipinski definition) is 1. The van der Waals surface area contributed by atoms with E-state index >= 15 is 0 Å². The summed E-state index contributed by atoms with van der Waals surface area (Å²) in [7, 11) is -3.92. The van der Waals surface area contributed by atoms with Gasteiger partial charge in [-0.2, -0.15) is 13.2 Å². The Morgan fingerprint density at radius 2 is 1.97 bits per heavy atom. The maximum absolute atomic E-state index is 13.5. The van der Waals surface area contributed by atoms with E-state index in [9.17, 15) is 26.4 Å². The number of halogens is 3. The Morgan fingerprint density at radius 3 is 2.61 bits per heavy atom. The molecule has 1 unspecified atom stereocenters. The van der Waals surface area contributed by atoms with Gasteiger partial charge in [0.05, 0.1) is 22.6 Å². The number of benzene rings is 2. The lowest BCUT2D eigenvalue weighted by atomic mass is 9.88. The highest BCUT2D eigenvalue weighted by atomic mass is 32.2. The smallest absolute Gasteiger partial charge is 0.416 e. The molecule has 1 aliphatic carbocycles. The zero-order valence-electron chi connectivity index (χ0n) is 20.9. The normalized spacial score (nSPS) is 15.7. The van der Waals surface area contributed by atoms with E-state index in [1.807, 2.05) is 0 Å². The number of sulfonamides is 1. The minimum Gasteiger partial charge on any atom is -0.493 e. The van der Waals surface area contributed by atoms with E-state index in [1.165, 1.54) is 9.82 Å². The van der Waals surface area contributed by atoms with Crippen molar-refractivity contribution in [2.24, 2.45) is 0 Å². The molecule has 1 N–H and O–H groups in total. The topological polar surface area (TPSA) is 101 Å². The van der Waals surface area contributed by atoms with Gasteiger partial charge < -0.3 is 10.1 Å². The summed E-state index contributed by atoms with van der Waals surface area (Å²) in [6.07, 6.45) is -2.99. The standard InChI is InChI=1S/C25H27F3N4O4S2/c1-4-36-22-13-18(25(26,27)28)7-10-21(22)23(33)30-19-8-5-16-6-9-20(12-17(16)11-19)38(34,35)32(15(2)3)24-31-29-14-37-24/h6-7,9-10,12-15,19H,4-5,8,11H2,1-3H3,(H,30,33). The van der Waals surface area contributed by atoms with Gasteiger partial charge in [0.2, 0.25) is 5.13 Å². The molecule has 0 saturated carbocycles. The highest BCUT2D eigenvalue weighted by Crippen LogP contribution is 2.34. The number of rotatable bonds is 8. The molecule has 1 heterocycles. The number of nitrogens with zero attached hydrogens (tertiary/aromatic N) is 3. The molecule has 0 saturated heterocycles. The monoisotopic (exact) mass is 568 g/mol. The first-order valence-electron chi connectivity index (χ1n) is 12.0. The Hall–Kier alpha value is -3.19. The average Bonchev–Trinajstić information content (AvgIpc) is 3.36. The van der Waals surface area contributed by atoms with E-state index < -0.39 is 27.7 Å². The van der Waals surface area contributed by atoms with Crippen LogP contribution in [0.2, 0.25) is 0 Å². The van der Waals surface area contributed by atoms with Crippen LogP contribution in [0.5, 0.6) is 5.75 Å². The number of amides is 1. The third kappa shape index (κ3) is 5.78. The molecule has 1 atom stereocenters. The average molecular weight is 569 g/mol. The van der Waals surface area contributed by atoms with Gasteiger partial charge in [-0.05, 0) is 81.5 Å². The lowest BCUT2D eigenvalue weighted by molar-refractivity contribution is -0.137. The molecule has 38 heavy (non-hydrogen) atoms. The van der Waals surface area contributed by atoms with E-state index in [2.05, 4.69) is 15.5 Å². The van der Waals surface area contributed by atoms with Crippen molar-refractivity contribution in [1.29, 1.82) is 0 Å². The molecule has 13 heteroatoms. The number of carbonyl (C=O) groups is 1. The zero-order valence-corrected chi connectivity index (χ0v) is 22.6. The molecule has 1 amide bonds. The molecule has 0 bridgehead atoms. The Kier molecular flexibility index (Phi) is 7.98. The fourth-order valence-electron chi connectivity index (χ4n) is 4.42. The van der Waals surface area contributed by atoms with Crippen molar-refractivity contribution in [3.8, 4) is 5.75 Å². The molecule has 2 aromatic carbocycles. The summed E-state index contributed by atoms with van der Waals surface area (Å²) >= 11 is 1.13. The summed E-state index contributed by atoms with van der Waals surface area (Å²) in [5.74, 6) is -0.698. The van der Waals surface area contributed by atoms with Crippen LogP contribution in [0, 0.1) is 0 Å². The van der Waals surface area contributed by atoms with Crippen LogP contribution < -0.4 is 14.4 Å². The molecule has 0 radical (unpaired) electrons. The SMILES string of the molecule is CCOc1cc(C(F)(F)F)ccc1C(=O)NC1CCc2ccc(S(=O)(=O)N(c3nncs3)C(C)C)cc2C1. The van der Waals surface area contributed by atoms with Crippen LogP contribution in [-0.4, -0.2) is 43.2 Å². The molecule has 0 fully saturated rings. The third-order valence-corrected chi connectivity index (χ3v) is 8.92. The van der Waals surface area contributed by atoms with Crippen LogP contribution >= 0.6 is 11.3 Å². The van der Waals surface area contributed by atoms with Crippen molar-refractivity contribution in [1.82, 2.24) is 15.5 Å². The van der Waals surface area contributed by atoms with Crippen LogP contribution in [0.1, 0.15) is 54.2 Å². The van der Waals surface area contributed by atoms with Crippen molar-refractivity contribution < 1.29 is 31.1 Å². The van der Waals surface area contributed by atoms with Crippen molar-refractivity contribution >= 4 is 32.4 Å². The Morgan fingerprint density at radius 1 is 1.21 bits per heavy atom. The highest BCUT2D eigenvalue weighted by molar-refractivity contribution is 7.93. The Bertz CT molecular complexity index is 1410. The molecule has 1 aliphatic rings. The summed E-state index contributed by atoms with van der Waals surface area (Å²) in [4.78, 5) is 13.1. The molecule has 8 nitrogen and oxygen atoms in total. The summed E-state index contributed by atoms with van der Waals surface area (Å²) in [6.45, 7) is 5.22. The largest absolute Gasteiger partial charge is 0.493 e. The van der Waals surface area contributed by atoms with Crippen LogP contribution in [0.15, 0.2) is 46.8 Å². The predicted octanol–water partition coefficient (Wildman–Crippen LogP) is 4.85. The molecule has 4 rings (SSSR count). The van der Waals surface area contributed by atoms with Gasteiger partial charge in [0, 0.05) is 12.1 Å². The number of fused-ring (bicyclic) bond motifs is 1. The fraction of sp³-hybridized carbons (Fsp3) is 0.400. The van der Waals surface area contributed by atoms with E-state index in [1.54, 1.807) is 39.0 Å². The Balaban J connectivity index is 1.56. The number of carbonyl (C=O) groups excluding carboxylic acids is 1. The first-order chi connectivity index (χ1) is 17.9. The molecule has 204 valence electrons. The van der Waals surface area contributed by atoms with Gasteiger partial charge in [-0.3, -0.25) is 4.79 Å². The summed E-state index contributed by atoms with van der Waals surface area (Å²) in [6, 6.07) is 7.02. The minimum absolute atomic E-state index is 0.00612. The van der Waals surface area contributed by atoms with Gasteiger partial charge in [-0.15, -0.1) is 10.2 Å². The first-order valence-corrected chi connectivity index (χ1v) is 14.3. The van der Waals surface area contributed by atoms with Crippen molar-refractivity contribution in [3.63, 3.8) is 0 Å². The van der Waals surface area contributed by atoms with Gasteiger partial charge in [-0.25, -0.2) is 12.7 Å². The number of nitrogens with one attached hydrogen (secondary N) is 1. The van der Waals surface area contributed by atoms with Crippen LogP contribution in [-0.2, 0) is 29.0 Å². The van der Waals surface area contributed by atoms with Gasteiger partial charge >= 0.3 is 6.18 Å². The predicted molar refractivity (Wildman–Crippen MR) is 137 cm³/mol. The molecule has 0 aliphatic heterocycles. The van der Waals surface area contributed by atoms with Crippen LogP contribution in [0.25, 0.3) is 0 Å². The molecular formula is C25H27F3N4O4S2. The second-order valence-electron chi connectivity index (χ2n) is 9.10. The van der Waals surface area contributed by atoms with E-state index in [4.69, 9.17) is 4.74 Å². The van der Waals surface area contributed by atoms with Crippen molar-refractivity contribution in [2.75, 3.05) is 10.9 Å². The fourth-order valence-corrected chi connectivity index (χ4v) is 7.00. The van der Waals surface area contributed by atoms with Crippen LogP contribution in [0.3, 0.4) is 0 Å². The van der Waals surface area contributed by atoms with Gasteiger partial charge in [0.25, 0.3) is 15.9 Å². The summed E-state index contributed by atoms with van der Waals surface area (Å²) < 4.78 is 73.0. The van der Waals surface area contributed by atoms with Gasteiger partial charge in [-0.1, -0.05) is 17.4 Å². The number of anilines is 1. The summed E-state index contributed by atoms with van der Waals surface area (Å²) in [5.41, 5.74) is 2.33. The van der Waals surface area contributed by atoms with E-state index in [0.29, 0.717) is 19.3 Å². The minimum atomic E-state index is -4.56. The molecule has 1 aromatic heterocycles. The van der Waals surface area contributed by atoms with E-state index in [0.717, 1.165) is 40.7 Å². The second-order valence-corrected chi connectivity index (χ2v) is 11.7. The van der Waals surface area contributed by atoms with Crippen molar-refractivity contribution in [3.05, 3.63) is 64.2 Å².